The van der Waals surface area contributed by atoms with E-state index in [-0.39, 0.29) is 17.0 Å². The van der Waals surface area contributed by atoms with Gasteiger partial charge in [-0.2, -0.15) is 0 Å². The molecule has 0 unspecified atom stereocenters. The molecule has 0 aromatic heterocycles. The number of rotatable bonds is 3. The maximum Gasteiger partial charge on any atom is 0.254 e. The van der Waals surface area contributed by atoms with Crippen molar-refractivity contribution >= 4 is 5.91 Å². The van der Waals surface area contributed by atoms with Gasteiger partial charge in [-0.3, -0.25) is 4.79 Å². The lowest BCUT2D eigenvalue weighted by Gasteiger charge is -2.42. The zero-order chi connectivity index (χ0) is 11.6. The van der Waals surface area contributed by atoms with Crippen LogP contribution in [-0.2, 0) is 0 Å². The number of hydrogen-bond donors (Lipinski definition) is 1. The Bertz CT molecular complexity index is 393. The van der Waals surface area contributed by atoms with Crippen LogP contribution < -0.4 is 5.32 Å². The van der Waals surface area contributed by atoms with Crippen LogP contribution in [0.15, 0.2) is 24.3 Å². The van der Waals surface area contributed by atoms with Gasteiger partial charge in [0, 0.05) is 5.54 Å². The molecule has 1 fully saturated rings. The van der Waals surface area contributed by atoms with Gasteiger partial charge in [0.05, 0.1) is 5.56 Å². The fourth-order valence-corrected chi connectivity index (χ4v) is 2.12. The van der Waals surface area contributed by atoms with Gasteiger partial charge in [-0.05, 0) is 37.8 Å². The number of amides is 1. The number of carbonyl (C=O) groups excluding carboxylic acids is 1. The monoisotopic (exact) mass is 221 g/mol. The van der Waals surface area contributed by atoms with Gasteiger partial charge in [0.25, 0.3) is 5.91 Å². The quantitative estimate of drug-likeness (QED) is 0.835. The van der Waals surface area contributed by atoms with Crippen LogP contribution in [0, 0.1) is 5.82 Å². The average Bonchev–Trinajstić information content (AvgIpc) is 2.24. The first-order chi connectivity index (χ1) is 7.67. The summed E-state index contributed by atoms with van der Waals surface area (Å²) >= 11 is 0. The molecule has 0 heterocycles. The molecule has 0 atom stereocenters. The van der Waals surface area contributed by atoms with Gasteiger partial charge in [-0.25, -0.2) is 4.39 Å². The minimum Gasteiger partial charge on any atom is -0.347 e. The van der Waals surface area contributed by atoms with Gasteiger partial charge in [0.15, 0.2) is 0 Å². The Balaban J connectivity index is 2.11. The maximum atomic E-state index is 13.4. The summed E-state index contributed by atoms with van der Waals surface area (Å²) < 4.78 is 13.4. The smallest absolute Gasteiger partial charge is 0.254 e. The number of halogens is 1. The van der Waals surface area contributed by atoms with Crippen molar-refractivity contribution < 1.29 is 9.18 Å². The van der Waals surface area contributed by atoms with Crippen LogP contribution in [0.3, 0.4) is 0 Å². The second-order valence-corrected chi connectivity index (χ2v) is 4.42. The molecule has 1 aromatic carbocycles. The maximum absolute atomic E-state index is 13.4. The van der Waals surface area contributed by atoms with Crippen molar-refractivity contribution in [3.63, 3.8) is 0 Å². The lowest BCUT2D eigenvalue weighted by Crippen LogP contribution is -2.53. The third kappa shape index (κ3) is 1.94. The van der Waals surface area contributed by atoms with Crippen LogP contribution in [0.5, 0.6) is 0 Å². The van der Waals surface area contributed by atoms with Gasteiger partial charge in [-0.15, -0.1) is 0 Å². The Labute approximate surface area is 94.9 Å². The van der Waals surface area contributed by atoms with Crippen LogP contribution >= 0.6 is 0 Å². The summed E-state index contributed by atoms with van der Waals surface area (Å²) in [5.74, 6) is -0.745. The van der Waals surface area contributed by atoms with E-state index in [0.717, 1.165) is 25.7 Å². The van der Waals surface area contributed by atoms with Crippen LogP contribution in [-0.4, -0.2) is 11.4 Å². The van der Waals surface area contributed by atoms with Gasteiger partial charge in [0.1, 0.15) is 5.82 Å². The van der Waals surface area contributed by atoms with E-state index in [1.807, 2.05) is 0 Å². The Hall–Kier alpha value is -1.38. The van der Waals surface area contributed by atoms with Crippen molar-refractivity contribution in [1.29, 1.82) is 0 Å². The summed E-state index contributed by atoms with van der Waals surface area (Å²) in [5, 5.41) is 2.96. The number of nitrogens with one attached hydrogen (secondary N) is 1. The van der Waals surface area contributed by atoms with Gasteiger partial charge in [-0.1, -0.05) is 19.1 Å². The number of benzene rings is 1. The molecule has 16 heavy (non-hydrogen) atoms. The SMILES string of the molecule is CCC1(NC(=O)c2ccccc2F)CCC1. The molecule has 1 amide bonds. The highest BCUT2D eigenvalue weighted by Crippen LogP contribution is 2.34. The molecular weight excluding hydrogens is 205 g/mol. The molecule has 1 aliphatic carbocycles. The highest BCUT2D eigenvalue weighted by molar-refractivity contribution is 5.95. The highest BCUT2D eigenvalue weighted by Gasteiger charge is 2.36. The fourth-order valence-electron chi connectivity index (χ4n) is 2.12. The van der Waals surface area contributed by atoms with Crippen molar-refractivity contribution in [2.24, 2.45) is 0 Å². The van der Waals surface area contributed by atoms with Crippen molar-refractivity contribution in [3.8, 4) is 0 Å². The lowest BCUT2D eigenvalue weighted by molar-refractivity contribution is 0.0816. The number of hydrogen-bond acceptors (Lipinski definition) is 1. The molecular formula is C13H16FNO. The Morgan fingerprint density at radius 3 is 2.62 bits per heavy atom. The fraction of sp³-hybridized carbons (Fsp3) is 0.462. The molecule has 3 heteroatoms. The number of carbonyl (C=O) groups is 1. The summed E-state index contributed by atoms with van der Waals surface area (Å²) in [5.41, 5.74) is 0.0570. The van der Waals surface area contributed by atoms with Crippen LogP contribution in [0.2, 0.25) is 0 Å². The van der Waals surface area contributed by atoms with Crippen molar-refractivity contribution in [2.75, 3.05) is 0 Å². The minimum absolute atomic E-state index is 0.0840. The Kier molecular flexibility index (Phi) is 2.95. The van der Waals surface area contributed by atoms with E-state index in [9.17, 15) is 9.18 Å². The largest absolute Gasteiger partial charge is 0.347 e. The summed E-state index contributed by atoms with van der Waals surface area (Å²) in [4.78, 5) is 11.9. The average molecular weight is 221 g/mol. The molecule has 86 valence electrons. The standard InChI is InChI=1S/C13H16FNO/c1-2-13(8-5-9-13)15-12(16)10-6-3-4-7-11(10)14/h3-4,6-7H,2,5,8-9H2,1H3,(H,15,16). The molecule has 1 saturated carbocycles. The molecule has 0 spiro atoms. The van der Waals surface area contributed by atoms with E-state index < -0.39 is 5.82 Å². The first-order valence-corrected chi connectivity index (χ1v) is 5.74. The van der Waals surface area contributed by atoms with Gasteiger partial charge < -0.3 is 5.32 Å². The zero-order valence-corrected chi connectivity index (χ0v) is 9.42. The first kappa shape index (κ1) is 11.1. The summed E-state index contributed by atoms with van der Waals surface area (Å²) in [7, 11) is 0. The molecule has 2 nitrogen and oxygen atoms in total. The Morgan fingerprint density at radius 1 is 1.44 bits per heavy atom. The molecule has 2 rings (SSSR count). The van der Waals surface area contributed by atoms with E-state index in [2.05, 4.69) is 12.2 Å². The molecule has 1 aromatic rings. The van der Waals surface area contributed by atoms with E-state index in [1.165, 1.54) is 12.1 Å². The predicted octanol–water partition coefficient (Wildman–Crippen LogP) is 2.89. The molecule has 0 bridgehead atoms. The molecule has 1 aliphatic rings. The van der Waals surface area contributed by atoms with E-state index in [1.54, 1.807) is 12.1 Å². The summed E-state index contributed by atoms with van der Waals surface area (Å²) in [6.45, 7) is 2.06. The zero-order valence-electron chi connectivity index (χ0n) is 9.42. The summed E-state index contributed by atoms with van der Waals surface area (Å²) in [6.07, 6.45) is 4.06. The predicted molar refractivity (Wildman–Crippen MR) is 60.7 cm³/mol. The van der Waals surface area contributed by atoms with Crippen LogP contribution in [0.25, 0.3) is 0 Å². The normalized spacial score (nSPS) is 17.6. The molecule has 1 N–H and O–H groups in total. The third-order valence-corrected chi connectivity index (χ3v) is 3.48. The third-order valence-electron chi connectivity index (χ3n) is 3.48. The van der Waals surface area contributed by atoms with Crippen LogP contribution in [0.1, 0.15) is 43.0 Å². The van der Waals surface area contributed by atoms with Crippen molar-refractivity contribution in [2.45, 2.75) is 38.1 Å². The van der Waals surface area contributed by atoms with E-state index in [4.69, 9.17) is 0 Å². The molecule has 0 aliphatic heterocycles. The molecule has 0 saturated heterocycles. The van der Waals surface area contributed by atoms with Gasteiger partial charge in [0.2, 0.25) is 0 Å². The Morgan fingerprint density at radius 2 is 2.12 bits per heavy atom. The van der Waals surface area contributed by atoms with E-state index in [0.29, 0.717) is 0 Å². The summed E-state index contributed by atoms with van der Waals surface area (Å²) in [6, 6.07) is 6.10. The minimum atomic E-state index is -0.453. The van der Waals surface area contributed by atoms with Crippen LogP contribution in [0.4, 0.5) is 4.39 Å². The van der Waals surface area contributed by atoms with E-state index >= 15 is 0 Å². The first-order valence-electron chi connectivity index (χ1n) is 5.74. The lowest BCUT2D eigenvalue weighted by atomic mass is 9.74. The topological polar surface area (TPSA) is 29.1 Å². The molecule has 0 radical (unpaired) electrons. The van der Waals surface area contributed by atoms with Gasteiger partial charge >= 0.3 is 0 Å². The highest BCUT2D eigenvalue weighted by atomic mass is 19.1. The second kappa shape index (κ2) is 4.24. The van der Waals surface area contributed by atoms with Crippen molar-refractivity contribution in [3.05, 3.63) is 35.6 Å². The van der Waals surface area contributed by atoms with Crippen molar-refractivity contribution in [1.82, 2.24) is 5.32 Å². The second-order valence-electron chi connectivity index (χ2n) is 4.42.